The van der Waals surface area contributed by atoms with Crippen LogP contribution in [0.15, 0.2) is 48.5 Å². The molecule has 2 aliphatic rings. The fourth-order valence-corrected chi connectivity index (χ4v) is 3.16. The van der Waals surface area contributed by atoms with Gasteiger partial charge in [-0.2, -0.15) is 0 Å². The molecule has 0 aliphatic carbocycles. The molecule has 0 saturated carbocycles. The molecular weight excluding hydrogens is 351 g/mol. The highest BCUT2D eigenvalue weighted by molar-refractivity contribution is 6.30. The fraction of sp³-hybridized carbons (Fsp3) is 0.125. The number of benzene rings is 2. The molecule has 122 valence electrons. The van der Waals surface area contributed by atoms with E-state index in [-0.39, 0.29) is 12.1 Å². The Hall–Kier alpha value is -2.44. The summed E-state index contributed by atoms with van der Waals surface area (Å²) in [5, 5.41) is 9.57. The lowest BCUT2D eigenvalue weighted by molar-refractivity contribution is 0.0672. The first-order valence-electron chi connectivity index (χ1n) is 7.25. The Kier molecular flexibility index (Phi) is 3.51. The van der Waals surface area contributed by atoms with Crippen LogP contribution in [0.3, 0.4) is 0 Å². The summed E-state index contributed by atoms with van der Waals surface area (Å²) in [5.74, 6) is 0. The third-order valence-corrected chi connectivity index (χ3v) is 4.53. The van der Waals surface area contributed by atoms with Crippen molar-refractivity contribution in [3.63, 3.8) is 0 Å². The van der Waals surface area contributed by atoms with E-state index < -0.39 is 12.3 Å². The van der Waals surface area contributed by atoms with Gasteiger partial charge in [-0.1, -0.05) is 47.5 Å². The van der Waals surface area contributed by atoms with Crippen LogP contribution in [0.5, 0.6) is 0 Å². The van der Waals surface area contributed by atoms with Crippen molar-refractivity contribution in [3.05, 3.63) is 69.7 Å². The van der Waals surface area contributed by atoms with Crippen LogP contribution in [0, 0.1) is 0 Å². The lowest BCUT2D eigenvalue weighted by Crippen LogP contribution is -2.36. The number of hydrogen-bond donors (Lipinski definition) is 2. The Morgan fingerprint density at radius 2 is 1.00 bits per heavy atom. The second-order valence-electron chi connectivity index (χ2n) is 5.50. The van der Waals surface area contributed by atoms with Crippen LogP contribution in [0.4, 0.5) is 9.59 Å². The van der Waals surface area contributed by atoms with Crippen molar-refractivity contribution in [2.24, 2.45) is 0 Å². The largest absolute Gasteiger partial charge is 0.340 e. The highest BCUT2D eigenvalue weighted by Gasteiger charge is 2.51. The molecule has 2 aliphatic heterocycles. The summed E-state index contributed by atoms with van der Waals surface area (Å²) in [7, 11) is 0. The summed E-state index contributed by atoms with van der Waals surface area (Å²) < 4.78 is 0. The van der Waals surface area contributed by atoms with Crippen molar-refractivity contribution in [3.8, 4) is 0 Å². The molecule has 0 aromatic heterocycles. The second-order valence-corrected chi connectivity index (χ2v) is 6.37. The van der Waals surface area contributed by atoms with Gasteiger partial charge in [-0.3, -0.25) is 0 Å². The Morgan fingerprint density at radius 3 is 1.33 bits per heavy atom. The Balaban J connectivity index is 1.68. The number of nitrogens with zero attached hydrogens (tertiary/aromatic N) is 2. The molecule has 6 nitrogen and oxygen atoms in total. The van der Waals surface area contributed by atoms with E-state index in [4.69, 9.17) is 23.2 Å². The molecule has 4 rings (SSSR count). The Labute approximate surface area is 147 Å². The Morgan fingerprint density at radius 1 is 0.667 bits per heavy atom. The van der Waals surface area contributed by atoms with Gasteiger partial charge in [0.05, 0.1) is 0 Å². The molecule has 24 heavy (non-hydrogen) atoms. The topological polar surface area (TPSA) is 64.7 Å². The number of rotatable bonds is 2. The minimum Gasteiger partial charge on any atom is -0.310 e. The lowest BCUT2D eigenvalue weighted by atomic mass is 10.2. The Bertz CT molecular complexity index is 740. The fourth-order valence-electron chi connectivity index (χ4n) is 2.91. The average Bonchev–Trinajstić information content (AvgIpc) is 3.08. The molecule has 2 atom stereocenters. The molecule has 2 fully saturated rings. The molecule has 0 radical (unpaired) electrons. The molecular formula is C16H12Cl2N4O2. The van der Waals surface area contributed by atoms with E-state index in [1.165, 1.54) is 10.0 Å². The molecule has 8 heteroatoms. The van der Waals surface area contributed by atoms with E-state index in [1.807, 2.05) is 0 Å². The number of urea groups is 2. The van der Waals surface area contributed by atoms with Crippen LogP contribution in [0.25, 0.3) is 0 Å². The normalized spacial score (nSPS) is 22.4. The van der Waals surface area contributed by atoms with Crippen molar-refractivity contribution >= 4 is 35.3 Å². The molecule has 2 aromatic rings. The van der Waals surface area contributed by atoms with Gasteiger partial charge in [-0.25, -0.2) is 19.6 Å². The predicted molar refractivity (Wildman–Crippen MR) is 89.1 cm³/mol. The zero-order valence-electron chi connectivity index (χ0n) is 12.2. The zero-order valence-corrected chi connectivity index (χ0v) is 13.8. The summed E-state index contributed by atoms with van der Waals surface area (Å²) in [6.07, 6.45) is -1.15. The summed E-state index contributed by atoms with van der Waals surface area (Å²) in [6.45, 7) is 0. The number of amides is 4. The van der Waals surface area contributed by atoms with E-state index in [9.17, 15) is 9.59 Å². The minimum atomic E-state index is -0.577. The van der Waals surface area contributed by atoms with Crippen LogP contribution < -0.4 is 10.6 Å². The SMILES string of the molecule is O=C1N[C@@H](c2ccc(Cl)cc2)N2C(=O)N[C@@H](c3ccc(Cl)cc3)N12. The number of carbonyl (C=O) groups excluding carboxylic acids is 2. The molecule has 0 bridgehead atoms. The molecule has 2 heterocycles. The number of carbonyl (C=O) groups is 2. The molecule has 2 N–H and O–H groups in total. The highest BCUT2D eigenvalue weighted by atomic mass is 35.5. The first-order valence-corrected chi connectivity index (χ1v) is 8.00. The second kappa shape index (κ2) is 5.58. The van der Waals surface area contributed by atoms with Crippen LogP contribution >= 0.6 is 23.2 Å². The standard InChI is InChI=1S/C16H12Cl2N4O2/c17-11-5-1-9(2-6-11)13-19-15(23)22-14(20-16(24)21(13)22)10-3-7-12(18)8-4-10/h1-8,13-14H,(H,19,23)(H,20,24)/t13-,14-/m1/s1. The average molecular weight is 363 g/mol. The summed E-state index contributed by atoms with van der Waals surface area (Å²) in [5.41, 5.74) is 1.53. The van der Waals surface area contributed by atoms with Crippen LogP contribution in [0.1, 0.15) is 23.5 Å². The van der Waals surface area contributed by atoms with E-state index in [2.05, 4.69) is 10.6 Å². The van der Waals surface area contributed by atoms with Crippen molar-refractivity contribution in [1.82, 2.24) is 20.7 Å². The smallest absolute Gasteiger partial charge is 0.310 e. The van der Waals surface area contributed by atoms with Crippen molar-refractivity contribution < 1.29 is 9.59 Å². The first-order chi connectivity index (χ1) is 11.5. The zero-order chi connectivity index (χ0) is 16.8. The quantitative estimate of drug-likeness (QED) is 0.855. The van der Waals surface area contributed by atoms with Gasteiger partial charge >= 0.3 is 12.1 Å². The van der Waals surface area contributed by atoms with Gasteiger partial charge in [0.25, 0.3) is 0 Å². The van der Waals surface area contributed by atoms with Crippen LogP contribution in [-0.2, 0) is 0 Å². The van der Waals surface area contributed by atoms with Crippen molar-refractivity contribution in [2.45, 2.75) is 12.3 Å². The van der Waals surface area contributed by atoms with E-state index in [0.717, 1.165) is 11.1 Å². The lowest BCUT2D eigenvalue weighted by Gasteiger charge is -2.24. The number of nitrogens with one attached hydrogen (secondary N) is 2. The van der Waals surface area contributed by atoms with E-state index in [1.54, 1.807) is 48.5 Å². The minimum absolute atomic E-state index is 0.353. The summed E-state index contributed by atoms with van der Waals surface area (Å²) >= 11 is 11.8. The first kappa shape index (κ1) is 15.1. The predicted octanol–water partition coefficient (Wildman–Crippen LogP) is 3.66. The van der Waals surface area contributed by atoms with Crippen LogP contribution in [0.2, 0.25) is 10.0 Å². The third kappa shape index (κ3) is 2.35. The highest BCUT2D eigenvalue weighted by Crippen LogP contribution is 2.36. The van der Waals surface area contributed by atoms with E-state index in [0.29, 0.717) is 10.0 Å². The maximum Gasteiger partial charge on any atom is 0.340 e. The number of hydrazine groups is 1. The summed E-state index contributed by atoms with van der Waals surface area (Å²) in [4.78, 5) is 24.9. The number of fused-ring (bicyclic) bond motifs is 1. The molecule has 2 aromatic carbocycles. The maximum absolute atomic E-state index is 12.4. The van der Waals surface area contributed by atoms with E-state index >= 15 is 0 Å². The molecule has 0 spiro atoms. The third-order valence-electron chi connectivity index (χ3n) is 4.03. The van der Waals surface area contributed by atoms with Gasteiger partial charge in [0, 0.05) is 10.0 Å². The summed E-state index contributed by atoms with van der Waals surface area (Å²) in [6, 6.07) is 13.3. The van der Waals surface area contributed by atoms with Gasteiger partial charge in [0.1, 0.15) is 0 Å². The molecule has 2 saturated heterocycles. The van der Waals surface area contributed by atoms with Gasteiger partial charge in [-0.15, -0.1) is 0 Å². The maximum atomic E-state index is 12.4. The van der Waals surface area contributed by atoms with Gasteiger partial charge in [0.15, 0.2) is 12.3 Å². The monoisotopic (exact) mass is 362 g/mol. The van der Waals surface area contributed by atoms with Gasteiger partial charge < -0.3 is 10.6 Å². The number of halogens is 2. The van der Waals surface area contributed by atoms with Crippen molar-refractivity contribution in [2.75, 3.05) is 0 Å². The van der Waals surface area contributed by atoms with Crippen molar-refractivity contribution in [1.29, 1.82) is 0 Å². The van der Waals surface area contributed by atoms with Crippen LogP contribution in [-0.4, -0.2) is 22.1 Å². The molecule has 0 unspecified atom stereocenters. The molecule has 4 amide bonds. The van der Waals surface area contributed by atoms with Gasteiger partial charge in [0.2, 0.25) is 0 Å². The number of hydrogen-bond acceptors (Lipinski definition) is 2. The van der Waals surface area contributed by atoms with Gasteiger partial charge in [-0.05, 0) is 35.4 Å².